The lowest BCUT2D eigenvalue weighted by Gasteiger charge is -2.39. The first-order chi connectivity index (χ1) is 13.2. The summed E-state index contributed by atoms with van der Waals surface area (Å²) >= 11 is 0. The maximum absolute atomic E-state index is 11.3. The van der Waals surface area contributed by atoms with Crippen LogP contribution in [-0.2, 0) is 13.1 Å². The lowest BCUT2D eigenvalue weighted by molar-refractivity contribution is 0.0696. The molecule has 144 valence electrons. The van der Waals surface area contributed by atoms with Crippen molar-refractivity contribution in [1.82, 2.24) is 9.80 Å². The van der Waals surface area contributed by atoms with Gasteiger partial charge in [-0.2, -0.15) is 0 Å². The number of carbonyl (C=O) groups is 1. The zero-order chi connectivity index (χ0) is 19.1. The van der Waals surface area contributed by atoms with Crippen LogP contribution in [0.15, 0.2) is 54.6 Å². The van der Waals surface area contributed by atoms with Gasteiger partial charge in [0.25, 0.3) is 0 Å². The summed E-state index contributed by atoms with van der Waals surface area (Å²) in [6.07, 6.45) is 3.53. The molecule has 1 fully saturated rings. The van der Waals surface area contributed by atoms with E-state index in [-0.39, 0.29) is 0 Å². The Morgan fingerprint density at radius 2 is 1.93 bits per heavy atom. The summed E-state index contributed by atoms with van der Waals surface area (Å²) in [5.41, 5.74) is 2.83. The number of carboxylic acid groups (broad SMARTS) is 1. The Morgan fingerprint density at radius 3 is 2.67 bits per heavy atom. The predicted molar refractivity (Wildman–Crippen MR) is 109 cm³/mol. The number of likely N-dealkylation sites (tertiary alicyclic amines) is 1. The first-order valence-electron chi connectivity index (χ1n) is 9.98. The average molecular weight is 367 g/mol. The highest BCUT2D eigenvalue weighted by Gasteiger charge is 2.25. The highest BCUT2D eigenvalue weighted by molar-refractivity contribution is 5.87. The van der Waals surface area contributed by atoms with Gasteiger partial charge in [0.15, 0.2) is 0 Å². The van der Waals surface area contributed by atoms with Crippen LogP contribution < -0.4 is 0 Å². The largest absolute Gasteiger partial charge is 0.478 e. The molecule has 4 nitrogen and oxygen atoms in total. The van der Waals surface area contributed by atoms with Crippen LogP contribution in [0.4, 0.5) is 0 Å². The van der Waals surface area contributed by atoms with E-state index in [2.05, 4.69) is 47.1 Å². The monoisotopic (exact) mass is 366 g/mol. The molecule has 27 heavy (non-hydrogen) atoms. The number of rotatable bonds is 8. The fourth-order valence-corrected chi connectivity index (χ4v) is 4.03. The van der Waals surface area contributed by atoms with Crippen molar-refractivity contribution < 1.29 is 9.90 Å². The standard InChI is InChI=1S/C23H30N2O2/c1-2-13-25(17-20-10-6-11-21(15-20)23(26)27)22-12-7-14-24(18-22)16-19-8-4-3-5-9-19/h3-6,8-11,15,22H,2,7,12-14,16-18H2,1H3,(H,26,27). The lowest BCUT2D eigenvalue weighted by Crippen LogP contribution is -2.47. The highest BCUT2D eigenvalue weighted by atomic mass is 16.4. The van der Waals surface area contributed by atoms with Crippen LogP contribution in [0, 0.1) is 0 Å². The summed E-state index contributed by atoms with van der Waals surface area (Å²) in [7, 11) is 0. The zero-order valence-corrected chi connectivity index (χ0v) is 16.2. The molecule has 1 aliphatic rings. The van der Waals surface area contributed by atoms with Crippen molar-refractivity contribution in [3.8, 4) is 0 Å². The van der Waals surface area contributed by atoms with Gasteiger partial charge in [-0.1, -0.05) is 49.4 Å². The molecular formula is C23H30N2O2. The average Bonchev–Trinajstić information content (AvgIpc) is 2.69. The third kappa shape index (κ3) is 5.65. The summed E-state index contributed by atoms with van der Waals surface area (Å²) < 4.78 is 0. The minimum Gasteiger partial charge on any atom is -0.478 e. The zero-order valence-electron chi connectivity index (χ0n) is 16.2. The van der Waals surface area contributed by atoms with Gasteiger partial charge < -0.3 is 5.11 Å². The minimum atomic E-state index is -0.856. The van der Waals surface area contributed by atoms with Gasteiger partial charge in [0, 0.05) is 25.7 Å². The Kier molecular flexibility index (Phi) is 7.02. The Balaban J connectivity index is 1.66. The van der Waals surface area contributed by atoms with E-state index >= 15 is 0 Å². The molecule has 0 aromatic heterocycles. The minimum absolute atomic E-state index is 0.373. The molecule has 1 N–H and O–H groups in total. The summed E-state index contributed by atoms with van der Waals surface area (Å²) in [6.45, 7) is 7.31. The van der Waals surface area contributed by atoms with Gasteiger partial charge >= 0.3 is 5.97 Å². The van der Waals surface area contributed by atoms with E-state index in [1.54, 1.807) is 6.07 Å². The second-order valence-electron chi connectivity index (χ2n) is 7.49. The molecule has 0 spiro atoms. The summed E-state index contributed by atoms with van der Waals surface area (Å²) in [5, 5.41) is 9.25. The molecular weight excluding hydrogens is 336 g/mol. The Bertz CT molecular complexity index is 732. The van der Waals surface area contributed by atoms with Crippen molar-refractivity contribution >= 4 is 5.97 Å². The normalized spacial score (nSPS) is 17.9. The molecule has 3 rings (SSSR count). The third-order valence-electron chi connectivity index (χ3n) is 5.32. The molecule has 0 radical (unpaired) electrons. The van der Waals surface area contributed by atoms with E-state index < -0.39 is 5.97 Å². The summed E-state index contributed by atoms with van der Waals surface area (Å²) in [6, 6.07) is 18.6. The molecule has 1 atom stereocenters. The van der Waals surface area contributed by atoms with Gasteiger partial charge in [-0.3, -0.25) is 9.80 Å². The molecule has 4 heteroatoms. The molecule has 0 saturated carbocycles. The number of hydrogen-bond acceptors (Lipinski definition) is 3. The smallest absolute Gasteiger partial charge is 0.335 e. The van der Waals surface area contributed by atoms with E-state index in [0.29, 0.717) is 11.6 Å². The van der Waals surface area contributed by atoms with Crippen LogP contribution in [0.1, 0.15) is 47.7 Å². The SMILES string of the molecule is CCCN(Cc1cccc(C(=O)O)c1)C1CCCN(Cc2ccccc2)C1. The van der Waals surface area contributed by atoms with E-state index in [4.69, 9.17) is 0 Å². The van der Waals surface area contributed by atoms with Crippen LogP contribution in [0.2, 0.25) is 0 Å². The van der Waals surface area contributed by atoms with Gasteiger partial charge in [-0.15, -0.1) is 0 Å². The van der Waals surface area contributed by atoms with Crippen LogP contribution in [0.25, 0.3) is 0 Å². The molecule has 1 saturated heterocycles. The third-order valence-corrected chi connectivity index (χ3v) is 5.32. The maximum atomic E-state index is 11.3. The van der Waals surface area contributed by atoms with Gasteiger partial charge in [0.1, 0.15) is 0 Å². The van der Waals surface area contributed by atoms with Crippen molar-refractivity contribution in [1.29, 1.82) is 0 Å². The van der Waals surface area contributed by atoms with E-state index in [1.165, 1.54) is 18.4 Å². The molecule has 2 aromatic rings. The Morgan fingerprint density at radius 1 is 1.15 bits per heavy atom. The number of hydrogen-bond donors (Lipinski definition) is 1. The first kappa shape index (κ1) is 19.6. The van der Waals surface area contributed by atoms with Gasteiger partial charge in [-0.25, -0.2) is 4.79 Å². The van der Waals surface area contributed by atoms with Crippen LogP contribution in [0.5, 0.6) is 0 Å². The molecule has 1 aliphatic heterocycles. The van der Waals surface area contributed by atoms with Gasteiger partial charge in [0.2, 0.25) is 0 Å². The number of carboxylic acids is 1. The topological polar surface area (TPSA) is 43.8 Å². The molecule has 0 bridgehead atoms. The second-order valence-corrected chi connectivity index (χ2v) is 7.49. The van der Waals surface area contributed by atoms with E-state index in [9.17, 15) is 9.90 Å². The number of benzene rings is 2. The van der Waals surface area contributed by atoms with Crippen molar-refractivity contribution in [2.24, 2.45) is 0 Å². The maximum Gasteiger partial charge on any atom is 0.335 e. The quantitative estimate of drug-likeness (QED) is 0.758. The number of aromatic carboxylic acids is 1. The van der Waals surface area contributed by atoms with Crippen molar-refractivity contribution in [2.75, 3.05) is 19.6 Å². The lowest BCUT2D eigenvalue weighted by atomic mass is 10.0. The Labute approximate surface area is 162 Å². The second kappa shape index (κ2) is 9.67. The van der Waals surface area contributed by atoms with E-state index in [0.717, 1.165) is 44.7 Å². The molecule has 1 heterocycles. The molecule has 1 unspecified atom stereocenters. The summed E-state index contributed by atoms with van der Waals surface area (Å²) in [5.74, 6) is -0.856. The van der Waals surface area contributed by atoms with Crippen molar-refractivity contribution in [3.05, 3.63) is 71.3 Å². The summed E-state index contributed by atoms with van der Waals surface area (Å²) in [4.78, 5) is 16.4. The fourth-order valence-electron chi connectivity index (χ4n) is 4.03. The predicted octanol–water partition coefficient (Wildman–Crippen LogP) is 4.26. The van der Waals surface area contributed by atoms with Crippen LogP contribution >= 0.6 is 0 Å². The van der Waals surface area contributed by atoms with Gasteiger partial charge in [-0.05, 0) is 55.6 Å². The molecule has 0 aliphatic carbocycles. The molecule has 2 aromatic carbocycles. The first-order valence-corrected chi connectivity index (χ1v) is 9.98. The van der Waals surface area contributed by atoms with Gasteiger partial charge in [0.05, 0.1) is 5.56 Å². The molecule has 0 amide bonds. The number of nitrogens with zero attached hydrogens (tertiary/aromatic N) is 2. The van der Waals surface area contributed by atoms with Crippen molar-refractivity contribution in [3.63, 3.8) is 0 Å². The van der Waals surface area contributed by atoms with Crippen LogP contribution in [0.3, 0.4) is 0 Å². The fraction of sp³-hybridized carbons (Fsp3) is 0.435. The highest BCUT2D eigenvalue weighted by Crippen LogP contribution is 2.21. The Hall–Kier alpha value is -2.17. The van der Waals surface area contributed by atoms with Crippen LogP contribution in [-0.4, -0.2) is 46.6 Å². The van der Waals surface area contributed by atoms with Crippen molar-refractivity contribution in [2.45, 2.75) is 45.3 Å². The van der Waals surface area contributed by atoms with E-state index in [1.807, 2.05) is 18.2 Å². The number of piperidine rings is 1.